The number of benzene rings is 1. The summed E-state index contributed by atoms with van der Waals surface area (Å²) in [5, 5.41) is 9.36. The van der Waals surface area contributed by atoms with E-state index in [0.29, 0.717) is 0 Å². The smallest absolute Gasteiger partial charge is 0.165 e. The van der Waals surface area contributed by atoms with Crippen LogP contribution < -0.4 is 4.74 Å². The molecule has 2 nitrogen and oxygen atoms in total. The van der Waals surface area contributed by atoms with Gasteiger partial charge < -0.3 is 10.1 Å². The van der Waals surface area contributed by atoms with Crippen molar-refractivity contribution in [2.45, 2.75) is 12.0 Å². The van der Waals surface area contributed by atoms with E-state index in [1.807, 2.05) is 11.4 Å². The number of hydrogen-bond acceptors (Lipinski definition) is 3. The number of halogens is 1. The van der Waals surface area contributed by atoms with E-state index in [0.717, 1.165) is 10.4 Å². The summed E-state index contributed by atoms with van der Waals surface area (Å²) in [5.41, 5.74) is 1.13. The van der Waals surface area contributed by atoms with Crippen LogP contribution in [0, 0.1) is 11.2 Å². The predicted molar refractivity (Wildman–Crippen MR) is 65.6 cm³/mol. The van der Waals surface area contributed by atoms with Gasteiger partial charge in [0.25, 0.3) is 0 Å². The summed E-state index contributed by atoms with van der Waals surface area (Å²) in [7, 11) is 0. The lowest BCUT2D eigenvalue weighted by Gasteiger charge is -2.34. The fourth-order valence-corrected chi connectivity index (χ4v) is 3.08. The van der Waals surface area contributed by atoms with Gasteiger partial charge in [0, 0.05) is 11.1 Å². The summed E-state index contributed by atoms with van der Waals surface area (Å²) in [6, 6.07) is 8.36. The van der Waals surface area contributed by atoms with Crippen LogP contribution in [-0.4, -0.2) is 6.21 Å². The molecule has 1 N–H and O–H groups in total. The van der Waals surface area contributed by atoms with Gasteiger partial charge in [0.2, 0.25) is 0 Å². The van der Waals surface area contributed by atoms with Gasteiger partial charge in [0.1, 0.15) is 6.10 Å². The average molecular weight is 247 g/mol. The molecule has 2 aromatic rings. The van der Waals surface area contributed by atoms with Crippen LogP contribution in [0.15, 0.2) is 35.7 Å². The maximum Gasteiger partial charge on any atom is 0.165 e. The average Bonchev–Trinajstić information content (AvgIpc) is 2.73. The third-order valence-electron chi connectivity index (χ3n) is 2.94. The number of nitrogens with one attached hydrogen (secondary N) is 1. The first-order chi connectivity index (χ1) is 8.31. The SMILES string of the molecule is N=CC1c2ccsc2C1Oc1ccccc1F. The molecule has 1 aromatic carbocycles. The number of fused-ring (bicyclic) bond motifs is 1. The molecule has 86 valence electrons. The summed E-state index contributed by atoms with van der Waals surface area (Å²) in [6.07, 6.45) is 1.15. The van der Waals surface area contributed by atoms with Gasteiger partial charge in [-0.05, 0) is 29.1 Å². The van der Waals surface area contributed by atoms with Crippen LogP contribution >= 0.6 is 11.3 Å². The molecule has 0 fully saturated rings. The molecule has 17 heavy (non-hydrogen) atoms. The van der Waals surface area contributed by atoms with Crippen molar-refractivity contribution >= 4 is 17.6 Å². The summed E-state index contributed by atoms with van der Waals surface area (Å²) in [4.78, 5) is 1.10. The minimum atomic E-state index is -0.360. The molecule has 0 spiro atoms. The lowest BCUT2D eigenvalue weighted by molar-refractivity contribution is 0.168. The van der Waals surface area contributed by atoms with Crippen LogP contribution in [0.3, 0.4) is 0 Å². The minimum absolute atomic E-state index is 0.0455. The second kappa shape index (κ2) is 3.96. The van der Waals surface area contributed by atoms with Crippen molar-refractivity contribution in [1.82, 2.24) is 0 Å². The molecule has 1 aromatic heterocycles. The molecule has 0 saturated carbocycles. The largest absolute Gasteiger partial charge is 0.481 e. The number of rotatable bonds is 3. The molecule has 2 atom stereocenters. The molecule has 0 amide bonds. The third-order valence-corrected chi connectivity index (χ3v) is 3.94. The zero-order chi connectivity index (χ0) is 11.8. The number of para-hydroxylation sites is 1. The molecule has 0 bridgehead atoms. The fourth-order valence-electron chi connectivity index (χ4n) is 2.05. The number of ether oxygens (including phenoxy) is 1. The maximum absolute atomic E-state index is 13.5. The van der Waals surface area contributed by atoms with Crippen molar-refractivity contribution in [3.63, 3.8) is 0 Å². The molecular weight excluding hydrogens is 237 g/mol. The Kier molecular flexibility index (Phi) is 2.44. The quantitative estimate of drug-likeness (QED) is 0.823. The van der Waals surface area contributed by atoms with Crippen LogP contribution in [0.5, 0.6) is 5.75 Å². The summed E-state index contributed by atoms with van der Waals surface area (Å²) < 4.78 is 19.1. The van der Waals surface area contributed by atoms with Gasteiger partial charge in [-0.3, -0.25) is 0 Å². The Morgan fingerprint density at radius 3 is 2.88 bits per heavy atom. The van der Waals surface area contributed by atoms with E-state index in [-0.39, 0.29) is 23.6 Å². The van der Waals surface area contributed by atoms with Crippen LogP contribution in [-0.2, 0) is 0 Å². The van der Waals surface area contributed by atoms with E-state index in [1.54, 1.807) is 29.5 Å². The Balaban J connectivity index is 1.89. The fraction of sp³-hybridized carbons (Fsp3) is 0.154. The Hall–Kier alpha value is -1.68. The van der Waals surface area contributed by atoms with Gasteiger partial charge in [-0.1, -0.05) is 12.1 Å². The summed E-state index contributed by atoms with van der Waals surface area (Å²) in [6.45, 7) is 0. The highest BCUT2D eigenvalue weighted by Gasteiger charge is 2.39. The standard InChI is InChI=1S/C13H10FNOS/c14-10-3-1-2-4-11(10)16-12-9(7-15)8-5-6-17-13(8)12/h1-7,9,12,15H. The summed E-state index contributed by atoms with van der Waals surface area (Å²) >= 11 is 1.59. The van der Waals surface area contributed by atoms with Gasteiger partial charge in [0.15, 0.2) is 11.6 Å². The van der Waals surface area contributed by atoms with Crippen LogP contribution in [0.1, 0.15) is 22.5 Å². The molecule has 0 saturated heterocycles. The maximum atomic E-state index is 13.5. The molecule has 2 unspecified atom stereocenters. The van der Waals surface area contributed by atoms with Gasteiger partial charge in [0.05, 0.1) is 5.92 Å². The minimum Gasteiger partial charge on any atom is -0.481 e. The second-order valence-corrected chi connectivity index (χ2v) is 4.85. The molecule has 3 rings (SSSR count). The second-order valence-electron chi connectivity index (χ2n) is 3.90. The van der Waals surface area contributed by atoms with E-state index in [1.165, 1.54) is 12.3 Å². The highest BCUT2D eigenvalue weighted by atomic mass is 32.1. The molecule has 0 radical (unpaired) electrons. The van der Waals surface area contributed by atoms with E-state index < -0.39 is 0 Å². The first-order valence-corrected chi connectivity index (χ1v) is 6.18. The van der Waals surface area contributed by atoms with Crippen molar-refractivity contribution < 1.29 is 9.13 Å². The van der Waals surface area contributed by atoms with Crippen molar-refractivity contribution in [2.24, 2.45) is 0 Å². The van der Waals surface area contributed by atoms with Crippen molar-refractivity contribution in [2.75, 3.05) is 0 Å². The molecule has 0 aliphatic heterocycles. The van der Waals surface area contributed by atoms with E-state index in [4.69, 9.17) is 10.1 Å². The highest BCUT2D eigenvalue weighted by molar-refractivity contribution is 7.10. The Morgan fingerprint density at radius 2 is 2.12 bits per heavy atom. The number of hydrogen-bond donors (Lipinski definition) is 1. The first-order valence-electron chi connectivity index (χ1n) is 5.30. The highest BCUT2D eigenvalue weighted by Crippen LogP contribution is 2.49. The molecule has 1 aliphatic carbocycles. The monoisotopic (exact) mass is 247 g/mol. The van der Waals surface area contributed by atoms with Crippen molar-refractivity contribution in [3.8, 4) is 5.75 Å². The van der Waals surface area contributed by atoms with E-state index in [9.17, 15) is 4.39 Å². The van der Waals surface area contributed by atoms with Gasteiger partial charge in [-0.15, -0.1) is 11.3 Å². The number of thiophene rings is 1. The van der Waals surface area contributed by atoms with Crippen LogP contribution in [0.4, 0.5) is 4.39 Å². The van der Waals surface area contributed by atoms with Gasteiger partial charge in [-0.2, -0.15) is 0 Å². The predicted octanol–water partition coefficient (Wildman–Crippen LogP) is 3.75. The zero-order valence-electron chi connectivity index (χ0n) is 8.89. The van der Waals surface area contributed by atoms with Gasteiger partial charge in [-0.25, -0.2) is 4.39 Å². The lowest BCUT2D eigenvalue weighted by atomic mass is 9.82. The first kappa shape index (κ1) is 10.5. The summed E-state index contributed by atoms with van der Waals surface area (Å²) in [5.74, 6) is -0.152. The Labute approximate surface area is 102 Å². The van der Waals surface area contributed by atoms with E-state index in [2.05, 4.69) is 0 Å². The van der Waals surface area contributed by atoms with E-state index >= 15 is 0 Å². The third kappa shape index (κ3) is 1.56. The molecular formula is C13H10FNOS. The Morgan fingerprint density at radius 1 is 1.29 bits per heavy atom. The molecule has 1 aliphatic rings. The molecule has 1 heterocycles. The Bertz CT molecular complexity index is 566. The van der Waals surface area contributed by atoms with Crippen LogP contribution in [0.2, 0.25) is 0 Å². The van der Waals surface area contributed by atoms with Crippen molar-refractivity contribution in [3.05, 3.63) is 52.0 Å². The van der Waals surface area contributed by atoms with Crippen LogP contribution in [0.25, 0.3) is 0 Å². The lowest BCUT2D eigenvalue weighted by Crippen LogP contribution is -2.27. The van der Waals surface area contributed by atoms with Crippen molar-refractivity contribution in [1.29, 1.82) is 5.41 Å². The molecule has 4 heteroatoms. The normalized spacial score (nSPS) is 21.5. The zero-order valence-corrected chi connectivity index (χ0v) is 9.71. The topological polar surface area (TPSA) is 33.1 Å². The van der Waals surface area contributed by atoms with Gasteiger partial charge >= 0.3 is 0 Å².